The van der Waals surface area contributed by atoms with Gasteiger partial charge in [-0.2, -0.15) is 5.48 Å². The molecule has 0 aliphatic rings. The number of amides is 1. The van der Waals surface area contributed by atoms with Gasteiger partial charge in [-0.25, -0.2) is 0 Å². The van der Waals surface area contributed by atoms with Crippen molar-refractivity contribution in [2.24, 2.45) is 0 Å². The summed E-state index contributed by atoms with van der Waals surface area (Å²) in [5.41, 5.74) is 3.34. The third-order valence-electron chi connectivity index (χ3n) is 6.83. The van der Waals surface area contributed by atoms with Crippen molar-refractivity contribution in [1.82, 2.24) is 5.48 Å². The molecule has 0 aliphatic carbocycles. The number of nitrogens with one attached hydrogen (secondary N) is 2. The molecule has 0 bridgehead atoms. The molecule has 0 saturated carbocycles. The van der Waals surface area contributed by atoms with Crippen LogP contribution in [-0.4, -0.2) is 24.7 Å². The Morgan fingerprint density at radius 3 is 2.00 bits per heavy atom. The first-order chi connectivity index (χ1) is 18.7. The van der Waals surface area contributed by atoms with Crippen LogP contribution in [0.15, 0.2) is 54.6 Å². The van der Waals surface area contributed by atoms with Gasteiger partial charge in [-0.15, -0.1) is 0 Å². The van der Waals surface area contributed by atoms with E-state index in [1.807, 2.05) is 36.4 Å². The van der Waals surface area contributed by atoms with Crippen molar-refractivity contribution in [2.75, 3.05) is 19.0 Å². The van der Waals surface area contributed by atoms with E-state index in [1.165, 1.54) is 64.2 Å². The van der Waals surface area contributed by atoms with Gasteiger partial charge in [0.05, 0.1) is 17.9 Å². The maximum Gasteiger partial charge on any atom is 0.259 e. The van der Waals surface area contributed by atoms with Crippen LogP contribution in [0.2, 0.25) is 0 Å². The summed E-state index contributed by atoms with van der Waals surface area (Å²) < 4.78 is 6.02. The van der Waals surface area contributed by atoms with Gasteiger partial charge in [0.15, 0.2) is 5.75 Å². The average molecular weight is 521 g/mol. The summed E-state index contributed by atoms with van der Waals surface area (Å²) >= 11 is 0. The lowest BCUT2D eigenvalue weighted by Crippen LogP contribution is -2.15. The molecule has 0 radical (unpaired) electrons. The minimum atomic E-state index is -0.435. The van der Waals surface area contributed by atoms with Gasteiger partial charge in [0.2, 0.25) is 0 Å². The number of hydrogen-bond donors (Lipinski definition) is 3. The molecule has 0 fully saturated rings. The first-order valence-electron chi connectivity index (χ1n) is 14.3. The molecule has 3 aromatic rings. The second kappa shape index (κ2) is 16.6. The number of para-hydroxylation sites is 2. The number of phenols is 1. The number of hydroxylamine groups is 1. The maximum atomic E-state index is 13.2. The van der Waals surface area contributed by atoms with E-state index in [2.05, 4.69) is 17.7 Å². The third-order valence-corrected chi connectivity index (χ3v) is 6.83. The van der Waals surface area contributed by atoms with Crippen molar-refractivity contribution in [2.45, 2.75) is 84.0 Å². The molecule has 0 aromatic heterocycles. The van der Waals surface area contributed by atoms with E-state index in [4.69, 9.17) is 9.57 Å². The quantitative estimate of drug-likeness (QED) is 0.116. The number of phenolic OH excluding ortho intramolecular Hbond substituents is 1. The van der Waals surface area contributed by atoms with E-state index in [1.54, 1.807) is 25.2 Å². The Kier molecular flexibility index (Phi) is 12.8. The minimum Gasteiger partial charge on any atom is -0.506 e. The average Bonchev–Trinajstić information content (AvgIpc) is 2.93. The number of rotatable bonds is 18. The van der Waals surface area contributed by atoms with Crippen LogP contribution < -0.4 is 20.4 Å². The van der Waals surface area contributed by atoms with Gasteiger partial charge >= 0.3 is 0 Å². The van der Waals surface area contributed by atoms with Crippen LogP contribution in [0.1, 0.15) is 94.3 Å². The summed E-state index contributed by atoms with van der Waals surface area (Å²) in [6.07, 6.45) is 15.5. The summed E-state index contributed by atoms with van der Waals surface area (Å²) in [4.78, 5) is 18.7. The summed E-state index contributed by atoms with van der Waals surface area (Å²) in [5, 5.41) is 15.0. The van der Waals surface area contributed by atoms with Crippen molar-refractivity contribution < 1.29 is 19.5 Å². The number of benzene rings is 3. The predicted molar refractivity (Wildman–Crippen MR) is 156 cm³/mol. The molecular formula is C32H44N2O4. The molecule has 206 valence electrons. The highest BCUT2D eigenvalue weighted by molar-refractivity contribution is 6.11. The Morgan fingerprint density at radius 1 is 0.763 bits per heavy atom. The smallest absolute Gasteiger partial charge is 0.259 e. The van der Waals surface area contributed by atoms with Gasteiger partial charge in [0, 0.05) is 17.8 Å². The lowest BCUT2D eigenvalue weighted by molar-refractivity contribution is 0.102. The topological polar surface area (TPSA) is 79.8 Å². The lowest BCUT2D eigenvalue weighted by atomic mass is 10.0. The van der Waals surface area contributed by atoms with E-state index in [-0.39, 0.29) is 11.3 Å². The number of fused-ring (bicyclic) bond motifs is 1. The van der Waals surface area contributed by atoms with Crippen molar-refractivity contribution in [3.05, 3.63) is 60.2 Å². The predicted octanol–water partition coefficient (Wildman–Crippen LogP) is 8.39. The van der Waals surface area contributed by atoms with E-state index >= 15 is 0 Å². The molecule has 0 heterocycles. The number of anilines is 1. The highest BCUT2D eigenvalue weighted by Gasteiger charge is 2.19. The second-order valence-corrected chi connectivity index (χ2v) is 9.81. The first-order valence-corrected chi connectivity index (χ1v) is 14.3. The van der Waals surface area contributed by atoms with Gasteiger partial charge in [-0.05, 0) is 24.6 Å². The Hall–Kier alpha value is -3.25. The highest BCUT2D eigenvalue weighted by Crippen LogP contribution is 2.36. The van der Waals surface area contributed by atoms with Gasteiger partial charge in [0.25, 0.3) is 5.91 Å². The van der Waals surface area contributed by atoms with Crippen molar-refractivity contribution in [3.63, 3.8) is 0 Å². The molecule has 0 atom stereocenters. The van der Waals surface area contributed by atoms with Crippen LogP contribution in [-0.2, 0) is 0 Å². The van der Waals surface area contributed by atoms with E-state index in [0.717, 1.165) is 12.8 Å². The molecule has 1 amide bonds. The van der Waals surface area contributed by atoms with Crippen LogP contribution in [0.25, 0.3) is 10.8 Å². The minimum absolute atomic E-state index is 0.0866. The zero-order chi connectivity index (χ0) is 27.0. The zero-order valence-corrected chi connectivity index (χ0v) is 23.1. The number of unbranched alkanes of at least 4 members (excludes halogenated alkanes) is 11. The largest absolute Gasteiger partial charge is 0.506 e. The number of carbonyl (C=O) groups is 1. The third kappa shape index (κ3) is 8.95. The van der Waals surface area contributed by atoms with Gasteiger partial charge in [-0.1, -0.05) is 114 Å². The number of aromatic hydroxyl groups is 1. The van der Waals surface area contributed by atoms with Crippen LogP contribution in [0.3, 0.4) is 0 Å². The fraction of sp³-hybridized carbons (Fsp3) is 0.469. The van der Waals surface area contributed by atoms with Crippen LogP contribution in [0.5, 0.6) is 17.2 Å². The Balaban J connectivity index is 1.46. The second-order valence-electron chi connectivity index (χ2n) is 9.81. The first kappa shape index (κ1) is 29.3. The molecule has 6 heteroatoms. The van der Waals surface area contributed by atoms with E-state index < -0.39 is 5.91 Å². The molecule has 0 spiro atoms. The monoisotopic (exact) mass is 520 g/mol. The van der Waals surface area contributed by atoms with Gasteiger partial charge < -0.3 is 20.0 Å². The molecule has 0 unspecified atom stereocenters. The molecule has 0 saturated heterocycles. The van der Waals surface area contributed by atoms with Gasteiger partial charge in [-0.3, -0.25) is 4.79 Å². The van der Waals surface area contributed by atoms with E-state index in [9.17, 15) is 9.90 Å². The SMILES string of the molecule is CCCCCCCCCCCCCCOc1ccccc1NC(=O)c1cc(ONC)c2ccccc2c1O. The van der Waals surface area contributed by atoms with Gasteiger partial charge in [0.1, 0.15) is 11.5 Å². The van der Waals surface area contributed by atoms with Crippen molar-refractivity contribution in [1.29, 1.82) is 0 Å². The zero-order valence-electron chi connectivity index (χ0n) is 23.1. The molecular weight excluding hydrogens is 476 g/mol. The van der Waals surface area contributed by atoms with Crippen LogP contribution in [0, 0.1) is 0 Å². The number of carbonyl (C=O) groups excluding carboxylic acids is 1. The van der Waals surface area contributed by atoms with Crippen molar-refractivity contribution in [3.8, 4) is 17.2 Å². The summed E-state index contributed by atoms with van der Waals surface area (Å²) in [5.74, 6) is 0.561. The summed E-state index contributed by atoms with van der Waals surface area (Å²) in [7, 11) is 1.64. The molecule has 6 nitrogen and oxygen atoms in total. The molecule has 0 aliphatic heterocycles. The fourth-order valence-electron chi connectivity index (χ4n) is 4.70. The normalized spacial score (nSPS) is 11.0. The van der Waals surface area contributed by atoms with Crippen molar-refractivity contribution >= 4 is 22.4 Å². The van der Waals surface area contributed by atoms with Crippen LogP contribution in [0.4, 0.5) is 5.69 Å². The van der Waals surface area contributed by atoms with Crippen LogP contribution >= 0.6 is 0 Å². The number of hydrogen-bond acceptors (Lipinski definition) is 5. The van der Waals surface area contributed by atoms with E-state index in [0.29, 0.717) is 34.6 Å². The molecule has 3 N–H and O–H groups in total. The fourth-order valence-corrected chi connectivity index (χ4v) is 4.70. The molecule has 3 aromatic carbocycles. The summed E-state index contributed by atoms with van der Waals surface area (Å²) in [6, 6.07) is 16.2. The Bertz CT molecular complexity index is 1130. The Morgan fingerprint density at radius 2 is 1.34 bits per heavy atom. The Labute approximate surface area is 227 Å². The molecule has 38 heavy (non-hydrogen) atoms. The highest BCUT2D eigenvalue weighted by atomic mass is 16.6. The lowest BCUT2D eigenvalue weighted by Gasteiger charge is -2.15. The summed E-state index contributed by atoms with van der Waals surface area (Å²) in [6.45, 7) is 2.87. The number of ether oxygens (including phenoxy) is 1. The maximum absolute atomic E-state index is 13.2. The molecule has 3 rings (SSSR count). The standard InChI is InChI=1S/C32H44N2O4/c1-3-4-5-6-7-8-9-10-11-12-13-18-23-37-29-22-17-16-21-28(29)34-32(36)27-24-30(38-33-2)25-19-14-15-20-26(25)31(27)35/h14-17,19-22,24,33,35H,3-13,18,23H2,1-2H3,(H,34,36).